The normalized spacial score (nSPS) is 15.4. The minimum Gasteiger partial charge on any atom is -0.326 e. The smallest absolute Gasteiger partial charge is 0.226 e. The van der Waals surface area contributed by atoms with Gasteiger partial charge in [-0.05, 0) is 43.6 Å². The van der Waals surface area contributed by atoms with Crippen molar-refractivity contribution in [3.63, 3.8) is 0 Å². The van der Waals surface area contributed by atoms with E-state index in [0.717, 1.165) is 12.2 Å². The Morgan fingerprint density at radius 3 is 2.58 bits per heavy atom. The Labute approximate surface area is 147 Å². The van der Waals surface area contributed by atoms with E-state index in [4.69, 9.17) is 11.6 Å². The van der Waals surface area contributed by atoms with Gasteiger partial charge in [0.05, 0.1) is 11.2 Å². The van der Waals surface area contributed by atoms with E-state index in [1.807, 2.05) is 12.1 Å². The Morgan fingerprint density at radius 2 is 1.92 bits per heavy atom. The first-order valence-electron chi connectivity index (χ1n) is 8.48. The fraction of sp³-hybridized carbons (Fsp3) is 0.444. The monoisotopic (exact) mass is 346 g/mol. The Bertz CT molecular complexity index is 662. The van der Waals surface area contributed by atoms with Gasteiger partial charge in [0, 0.05) is 31.4 Å². The molecule has 0 bridgehead atoms. The van der Waals surface area contributed by atoms with Crippen molar-refractivity contribution in [1.29, 1.82) is 0 Å². The number of rotatable bonds is 6. The van der Waals surface area contributed by atoms with Crippen molar-refractivity contribution in [2.45, 2.75) is 38.8 Å². The molecule has 0 unspecified atom stereocenters. The molecule has 0 atom stereocenters. The average molecular weight is 347 g/mol. The van der Waals surface area contributed by atoms with Crippen LogP contribution in [-0.4, -0.2) is 33.7 Å². The fourth-order valence-corrected chi connectivity index (χ4v) is 3.13. The first kappa shape index (κ1) is 17.0. The number of anilines is 1. The van der Waals surface area contributed by atoms with E-state index in [1.54, 1.807) is 17.1 Å². The van der Waals surface area contributed by atoms with E-state index < -0.39 is 0 Å². The standard InChI is InChI=1S/C18H23ClN4O/c19-16-12-20-23(14-16)11-8-18(24)21-17-6-4-15(5-7-17)13-22-9-2-1-3-10-22/h4-7,12,14H,1-3,8-11,13H2,(H,21,24). The Morgan fingerprint density at radius 1 is 1.17 bits per heavy atom. The van der Waals surface area contributed by atoms with Crippen LogP contribution in [0.2, 0.25) is 5.02 Å². The van der Waals surface area contributed by atoms with Crippen molar-refractivity contribution in [3.05, 3.63) is 47.2 Å². The van der Waals surface area contributed by atoms with Crippen LogP contribution in [0.5, 0.6) is 0 Å². The van der Waals surface area contributed by atoms with Crippen LogP contribution in [0, 0.1) is 0 Å². The molecule has 1 fully saturated rings. The van der Waals surface area contributed by atoms with Crippen LogP contribution < -0.4 is 5.32 Å². The molecule has 1 amide bonds. The molecule has 1 N–H and O–H groups in total. The van der Waals surface area contributed by atoms with E-state index in [9.17, 15) is 4.79 Å². The molecule has 2 aromatic rings. The minimum atomic E-state index is -0.0228. The van der Waals surface area contributed by atoms with Crippen LogP contribution in [0.25, 0.3) is 0 Å². The number of nitrogens with zero attached hydrogens (tertiary/aromatic N) is 3. The number of halogens is 1. The van der Waals surface area contributed by atoms with Gasteiger partial charge in [0.25, 0.3) is 0 Å². The van der Waals surface area contributed by atoms with Crippen LogP contribution in [-0.2, 0) is 17.9 Å². The number of hydrogen-bond donors (Lipinski definition) is 1. The lowest BCUT2D eigenvalue weighted by molar-refractivity contribution is -0.116. The summed E-state index contributed by atoms with van der Waals surface area (Å²) in [5.74, 6) is -0.0228. The van der Waals surface area contributed by atoms with Crippen molar-refractivity contribution in [2.75, 3.05) is 18.4 Å². The quantitative estimate of drug-likeness (QED) is 0.870. The zero-order valence-electron chi connectivity index (χ0n) is 13.7. The SMILES string of the molecule is O=C(CCn1cc(Cl)cn1)Nc1ccc(CN2CCCCC2)cc1. The molecule has 0 radical (unpaired) electrons. The third kappa shape index (κ3) is 5.08. The fourth-order valence-electron chi connectivity index (χ4n) is 2.97. The maximum atomic E-state index is 12.0. The number of benzene rings is 1. The number of likely N-dealkylation sites (tertiary alicyclic amines) is 1. The van der Waals surface area contributed by atoms with Gasteiger partial charge >= 0.3 is 0 Å². The van der Waals surface area contributed by atoms with Gasteiger partial charge in [0.2, 0.25) is 5.91 Å². The molecule has 1 aromatic carbocycles. The maximum absolute atomic E-state index is 12.0. The molecule has 5 nitrogen and oxygen atoms in total. The maximum Gasteiger partial charge on any atom is 0.226 e. The molecule has 0 saturated carbocycles. The molecule has 2 heterocycles. The summed E-state index contributed by atoms with van der Waals surface area (Å²) in [6, 6.07) is 8.14. The molecule has 3 rings (SSSR count). The highest BCUT2D eigenvalue weighted by Crippen LogP contribution is 2.15. The summed E-state index contributed by atoms with van der Waals surface area (Å²) >= 11 is 5.80. The second kappa shape index (κ2) is 8.31. The summed E-state index contributed by atoms with van der Waals surface area (Å²) < 4.78 is 1.67. The van der Waals surface area contributed by atoms with Crippen molar-refractivity contribution in [3.8, 4) is 0 Å². The van der Waals surface area contributed by atoms with E-state index in [1.165, 1.54) is 37.9 Å². The first-order valence-corrected chi connectivity index (χ1v) is 8.86. The molecule has 0 spiro atoms. The van der Waals surface area contributed by atoms with Gasteiger partial charge in [0.1, 0.15) is 0 Å². The lowest BCUT2D eigenvalue weighted by Gasteiger charge is -2.26. The zero-order chi connectivity index (χ0) is 16.8. The molecule has 1 saturated heterocycles. The Kier molecular flexibility index (Phi) is 5.88. The second-order valence-corrected chi connectivity index (χ2v) is 6.69. The van der Waals surface area contributed by atoms with Gasteiger partial charge in [-0.3, -0.25) is 14.4 Å². The first-order chi connectivity index (χ1) is 11.7. The van der Waals surface area contributed by atoms with Crippen molar-refractivity contribution in [2.24, 2.45) is 0 Å². The lowest BCUT2D eigenvalue weighted by atomic mass is 10.1. The highest BCUT2D eigenvalue weighted by molar-refractivity contribution is 6.30. The van der Waals surface area contributed by atoms with Crippen molar-refractivity contribution >= 4 is 23.2 Å². The number of hydrogen-bond acceptors (Lipinski definition) is 3. The molecule has 1 aliphatic rings. The van der Waals surface area contributed by atoms with Gasteiger partial charge in [-0.15, -0.1) is 0 Å². The predicted octanol–water partition coefficient (Wildman–Crippen LogP) is 3.55. The second-order valence-electron chi connectivity index (χ2n) is 6.25. The molecule has 128 valence electrons. The van der Waals surface area contributed by atoms with Gasteiger partial charge in [-0.2, -0.15) is 5.10 Å². The third-order valence-corrected chi connectivity index (χ3v) is 4.46. The highest BCUT2D eigenvalue weighted by Gasteiger charge is 2.10. The van der Waals surface area contributed by atoms with Crippen LogP contribution in [0.4, 0.5) is 5.69 Å². The molecular weight excluding hydrogens is 324 g/mol. The molecule has 6 heteroatoms. The van der Waals surface area contributed by atoms with Crippen LogP contribution in [0.3, 0.4) is 0 Å². The summed E-state index contributed by atoms with van der Waals surface area (Å²) in [5.41, 5.74) is 2.13. The van der Waals surface area contributed by atoms with E-state index in [0.29, 0.717) is 18.0 Å². The third-order valence-electron chi connectivity index (χ3n) is 4.26. The number of nitrogens with one attached hydrogen (secondary N) is 1. The number of piperidine rings is 1. The van der Waals surface area contributed by atoms with Crippen LogP contribution in [0.15, 0.2) is 36.7 Å². The summed E-state index contributed by atoms with van der Waals surface area (Å²) in [6.07, 6.45) is 7.61. The molecular formula is C18H23ClN4O. The molecule has 1 aromatic heterocycles. The van der Waals surface area contributed by atoms with Crippen molar-refractivity contribution in [1.82, 2.24) is 14.7 Å². The molecule has 24 heavy (non-hydrogen) atoms. The van der Waals surface area contributed by atoms with Gasteiger partial charge in [0.15, 0.2) is 0 Å². The number of carbonyl (C=O) groups excluding carboxylic acids is 1. The lowest BCUT2D eigenvalue weighted by Crippen LogP contribution is -2.29. The van der Waals surface area contributed by atoms with Gasteiger partial charge < -0.3 is 5.32 Å². The minimum absolute atomic E-state index is 0.0228. The zero-order valence-corrected chi connectivity index (χ0v) is 14.5. The molecule has 1 aliphatic heterocycles. The summed E-state index contributed by atoms with van der Waals surface area (Å²) in [7, 11) is 0. The largest absolute Gasteiger partial charge is 0.326 e. The topological polar surface area (TPSA) is 50.2 Å². The average Bonchev–Trinajstić information content (AvgIpc) is 3.01. The summed E-state index contributed by atoms with van der Waals surface area (Å²) in [6.45, 7) is 3.89. The van der Waals surface area contributed by atoms with Crippen molar-refractivity contribution < 1.29 is 4.79 Å². The molecule has 0 aliphatic carbocycles. The number of aromatic nitrogens is 2. The van der Waals surface area contributed by atoms with Crippen LogP contribution in [0.1, 0.15) is 31.2 Å². The van der Waals surface area contributed by atoms with Gasteiger partial charge in [-0.1, -0.05) is 30.2 Å². The number of amides is 1. The Balaban J connectivity index is 1.45. The van der Waals surface area contributed by atoms with Gasteiger partial charge in [-0.25, -0.2) is 0 Å². The van der Waals surface area contributed by atoms with E-state index >= 15 is 0 Å². The number of carbonyl (C=O) groups is 1. The number of aryl methyl sites for hydroxylation is 1. The Hall–Kier alpha value is -1.85. The predicted molar refractivity (Wildman–Crippen MR) is 96.1 cm³/mol. The highest BCUT2D eigenvalue weighted by atomic mass is 35.5. The van der Waals surface area contributed by atoms with E-state index in [2.05, 4.69) is 27.4 Å². The summed E-state index contributed by atoms with van der Waals surface area (Å²) in [4.78, 5) is 14.5. The summed E-state index contributed by atoms with van der Waals surface area (Å²) in [5, 5.41) is 7.57. The van der Waals surface area contributed by atoms with Crippen LogP contribution >= 0.6 is 11.6 Å². The van der Waals surface area contributed by atoms with E-state index in [-0.39, 0.29) is 5.91 Å².